The Morgan fingerprint density at radius 3 is 2.57 bits per heavy atom. The molecule has 0 bridgehead atoms. The normalized spacial score (nSPS) is 30.3. The van der Waals surface area contributed by atoms with Crippen molar-refractivity contribution in [3.8, 4) is 0 Å². The van der Waals surface area contributed by atoms with Gasteiger partial charge in [0.15, 0.2) is 11.5 Å². The van der Waals surface area contributed by atoms with Gasteiger partial charge in [-0.25, -0.2) is 0 Å². The maximum atomic E-state index is 9.26. The number of aliphatic hydroxyl groups excluding tert-OH is 1. The molecule has 2 rings (SSSR count). The lowest BCUT2D eigenvalue weighted by Crippen LogP contribution is -2.23. The van der Waals surface area contributed by atoms with E-state index in [4.69, 9.17) is 9.47 Å². The van der Waals surface area contributed by atoms with Crippen molar-refractivity contribution in [1.29, 1.82) is 0 Å². The molecule has 1 fully saturated rings. The Morgan fingerprint density at radius 2 is 2.00 bits per heavy atom. The zero-order valence-electron chi connectivity index (χ0n) is 8.56. The van der Waals surface area contributed by atoms with E-state index in [1.165, 1.54) is 0 Å². The van der Waals surface area contributed by atoms with Crippen LogP contribution in [-0.2, 0) is 9.47 Å². The fourth-order valence-electron chi connectivity index (χ4n) is 2.02. The second kappa shape index (κ2) is 3.65. The third kappa shape index (κ3) is 1.52. The maximum Gasteiger partial charge on any atom is 0.231 e. The standard InChI is InChI=1S/C11H16O3/c1-7(2)9-4-11-10(13-6-14-11)3-8(9)5-12/h3-4,7-9,12H,5-6H2,1-2H3. The van der Waals surface area contributed by atoms with Crippen molar-refractivity contribution in [3.05, 3.63) is 23.7 Å². The van der Waals surface area contributed by atoms with Crippen molar-refractivity contribution in [1.82, 2.24) is 0 Å². The van der Waals surface area contributed by atoms with Gasteiger partial charge >= 0.3 is 0 Å². The Labute approximate surface area is 84.0 Å². The highest BCUT2D eigenvalue weighted by Gasteiger charge is 2.30. The molecule has 0 saturated carbocycles. The average Bonchev–Trinajstić information content (AvgIpc) is 2.62. The molecule has 14 heavy (non-hydrogen) atoms. The predicted octanol–water partition coefficient (Wildman–Crippen LogP) is 1.65. The van der Waals surface area contributed by atoms with Gasteiger partial charge in [-0.1, -0.05) is 13.8 Å². The Bertz CT molecular complexity index is 278. The summed E-state index contributed by atoms with van der Waals surface area (Å²) in [4.78, 5) is 0. The van der Waals surface area contributed by atoms with Gasteiger partial charge in [-0.15, -0.1) is 0 Å². The molecular formula is C11H16O3. The molecule has 1 saturated heterocycles. The first-order chi connectivity index (χ1) is 6.72. The Balaban J connectivity index is 2.24. The molecule has 0 radical (unpaired) electrons. The molecule has 0 aromatic rings. The minimum atomic E-state index is 0.162. The number of rotatable bonds is 2. The maximum absolute atomic E-state index is 9.26. The minimum Gasteiger partial charge on any atom is -0.454 e. The third-order valence-corrected chi connectivity index (χ3v) is 2.86. The van der Waals surface area contributed by atoms with Crippen molar-refractivity contribution in [3.63, 3.8) is 0 Å². The highest BCUT2D eigenvalue weighted by molar-refractivity contribution is 5.29. The van der Waals surface area contributed by atoms with Crippen LogP contribution in [-0.4, -0.2) is 18.5 Å². The first-order valence-electron chi connectivity index (χ1n) is 5.03. The van der Waals surface area contributed by atoms with Crippen molar-refractivity contribution < 1.29 is 14.6 Å². The monoisotopic (exact) mass is 196 g/mol. The van der Waals surface area contributed by atoms with Crippen molar-refractivity contribution in [2.24, 2.45) is 17.8 Å². The number of fused-ring (bicyclic) bond motifs is 1. The third-order valence-electron chi connectivity index (χ3n) is 2.86. The largest absolute Gasteiger partial charge is 0.454 e. The van der Waals surface area contributed by atoms with E-state index in [1.54, 1.807) is 0 Å². The molecular weight excluding hydrogens is 180 g/mol. The van der Waals surface area contributed by atoms with Crippen molar-refractivity contribution >= 4 is 0 Å². The summed E-state index contributed by atoms with van der Waals surface area (Å²) in [6.45, 7) is 4.78. The van der Waals surface area contributed by atoms with Crippen LogP contribution in [0.15, 0.2) is 23.7 Å². The van der Waals surface area contributed by atoms with E-state index in [2.05, 4.69) is 19.9 Å². The molecule has 1 aliphatic carbocycles. The zero-order chi connectivity index (χ0) is 10.1. The van der Waals surface area contributed by atoms with Gasteiger partial charge in [-0.05, 0) is 24.0 Å². The summed E-state index contributed by atoms with van der Waals surface area (Å²) in [6, 6.07) is 0. The molecule has 1 heterocycles. The van der Waals surface area contributed by atoms with Crippen LogP contribution in [0.25, 0.3) is 0 Å². The van der Waals surface area contributed by atoms with Crippen LogP contribution >= 0.6 is 0 Å². The summed E-state index contributed by atoms with van der Waals surface area (Å²) in [7, 11) is 0. The fraction of sp³-hybridized carbons (Fsp3) is 0.636. The summed E-state index contributed by atoms with van der Waals surface area (Å²) < 4.78 is 10.6. The predicted molar refractivity (Wildman–Crippen MR) is 52.1 cm³/mol. The summed E-state index contributed by atoms with van der Waals surface area (Å²) in [5, 5.41) is 9.26. The van der Waals surface area contributed by atoms with E-state index in [9.17, 15) is 5.11 Å². The van der Waals surface area contributed by atoms with Crippen LogP contribution in [0.4, 0.5) is 0 Å². The second-order valence-corrected chi connectivity index (χ2v) is 4.14. The molecule has 0 aromatic carbocycles. The molecule has 78 valence electrons. The highest BCUT2D eigenvalue weighted by Crippen LogP contribution is 2.35. The Morgan fingerprint density at radius 1 is 1.36 bits per heavy atom. The molecule has 1 aliphatic heterocycles. The van der Waals surface area contributed by atoms with Gasteiger partial charge in [0.2, 0.25) is 6.79 Å². The smallest absolute Gasteiger partial charge is 0.231 e. The Kier molecular flexibility index (Phi) is 2.50. The van der Waals surface area contributed by atoms with Crippen molar-refractivity contribution in [2.75, 3.05) is 13.4 Å². The average molecular weight is 196 g/mol. The molecule has 0 aromatic heterocycles. The van der Waals surface area contributed by atoms with Gasteiger partial charge in [0.1, 0.15) is 0 Å². The molecule has 3 nitrogen and oxygen atoms in total. The lowest BCUT2D eigenvalue weighted by Gasteiger charge is -2.26. The number of allylic oxidation sites excluding steroid dienone is 1. The van der Waals surface area contributed by atoms with Gasteiger partial charge in [0, 0.05) is 5.92 Å². The SMILES string of the molecule is CC(C)C1C=C2OCOC2=CC1CO. The van der Waals surface area contributed by atoms with E-state index in [0.717, 1.165) is 11.5 Å². The molecule has 1 N–H and O–H groups in total. The number of hydrogen-bond donors (Lipinski definition) is 1. The summed E-state index contributed by atoms with van der Waals surface area (Å²) in [5.74, 6) is 2.65. The van der Waals surface area contributed by atoms with E-state index >= 15 is 0 Å². The molecule has 0 amide bonds. The van der Waals surface area contributed by atoms with Gasteiger partial charge in [-0.3, -0.25) is 0 Å². The minimum absolute atomic E-state index is 0.162. The summed E-state index contributed by atoms with van der Waals surface area (Å²) in [5.41, 5.74) is 0. The topological polar surface area (TPSA) is 38.7 Å². The van der Waals surface area contributed by atoms with Crippen LogP contribution in [0.3, 0.4) is 0 Å². The van der Waals surface area contributed by atoms with E-state index < -0.39 is 0 Å². The molecule has 2 unspecified atom stereocenters. The van der Waals surface area contributed by atoms with E-state index in [1.807, 2.05) is 6.08 Å². The van der Waals surface area contributed by atoms with E-state index in [-0.39, 0.29) is 12.5 Å². The van der Waals surface area contributed by atoms with Crippen LogP contribution in [0, 0.1) is 17.8 Å². The number of hydrogen-bond acceptors (Lipinski definition) is 3. The lowest BCUT2D eigenvalue weighted by atomic mass is 9.80. The first kappa shape index (κ1) is 9.59. The van der Waals surface area contributed by atoms with Gasteiger partial charge in [0.25, 0.3) is 0 Å². The first-order valence-corrected chi connectivity index (χ1v) is 5.03. The lowest BCUT2D eigenvalue weighted by molar-refractivity contribution is 0.0975. The molecule has 3 heteroatoms. The second-order valence-electron chi connectivity index (χ2n) is 4.14. The van der Waals surface area contributed by atoms with Gasteiger partial charge < -0.3 is 14.6 Å². The van der Waals surface area contributed by atoms with Gasteiger partial charge in [0.05, 0.1) is 6.61 Å². The van der Waals surface area contributed by atoms with Gasteiger partial charge in [-0.2, -0.15) is 0 Å². The zero-order valence-corrected chi connectivity index (χ0v) is 8.56. The molecule has 2 aliphatic rings. The fourth-order valence-corrected chi connectivity index (χ4v) is 2.02. The molecule has 0 spiro atoms. The van der Waals surface area contributed by atoms with E-state index in [0.29, 0.717) is 18.6 Å². The number of ether oxygens (including phenoxy) is 2. The Hall–Kier alpha value is -0.960. The summed E-state index contributed by atoms with van der Waals surface area (Å²) >= 11 is 0. The molecule has 2 atom stereocenters. The number of aliphatic hydroxyl groups is 1. The van der Waals surface area contributed by atoms with Crippen molar-refractivity contribution in [2.45, 2.75) is 13.8 Å². The summed E-state index contributed by atoms with van der Waals surface area (Å²) in [6.07, 6.45) is 4.06. The van der Waals surface area contributed by atoms with Crippen LogP contribution in [0.5, 0.6) is 0 Å². The van der Waals surface area contributed by atoms with Crippen LogP contribution in [0.1, 0.15) is 13.8 Å². The quantitative estimate of drug-likeness (QED) is 0.730. The van der Waals surface area contributed by atoms with Crippen LogP contribution in [0.2, 0.25) is 0 Å². The van der Waals surface area contributed by atoms with Crippen LogP contribution < -0.4 is 0 Å². The highest BCUT2D eigenvalue weighted by atomic mass is 16.7.